The predicted octanol–water partition coefficient (Wildman–Crippen LogP) is 2.03. The van der Waals surface area contributed by atoms with E-state index in [0.717, 1.165) is 23.0 Å². The van der Waals surface area contributed by atoms with Crippen LogP contribution < -0.4 is 11.1 Å². The summed E-state index contributed by atoms with van der Waals surface area (Å²) in [6.07, 6.45) is 3.98. The zero-order valence-corrected chi connectivity index (χ0v) is 11.3. The zero-order chi connectivity index (χ0) is 12.3. The maximum Gasteiger partial charge on any atom is 0.243 e. The molecule has 0 aliphatic heterocycles. The number of fused-ring (bicyclic) bond motifs is 1. The number of anilines is 1. The molecular formula is C11H16BrN5. The molecular weight excluding hydrogens is 282 g/mol. The number of nitrogens with one attached hydrogen (secondary N) is 1. The minimum absolute atomic E-state index is 0.233. The van der Waals surface area contributed by atoms with Gasteiger partial charge in [-0.2, -0.15) is 4.98 Å². The SMILES string of the molecule is CCCC(CN)Nc1nc2c(Br)cccn2n1. The zero-order valence-electron chi connectivity index (χ0n) is 9.73. The Morgan fingerprint density at radius 3 is 3.06 bits per heavy atom. The first kappa shape index (κ1) is 12.3. The second-order valence-corrected chi connectivity index (χ2v) is 4.78. The average molecular weight is 298 g/mol. The highest BCUT2D eigenvalue weighted by atomic mass is 79.9. The Hall–Kier alpha value is -1.14. The van der Waals surface area contributed by atoms with Crippen LogP contribution in [0.4, 0.5) is 5.95 Å². The fraction of sp³-hybridized carbons (Fsp3) is 0.455. The van der Waals surface area contributed by atoms with E-state index in [1.54, 1.807) is 4.52 Å². The molecule has 0 amide bonds. The molecule has 3 N–H and O–H groups in total. The van der Waals surface area contributed by atoms with Gasteiger partial charge in [-0.15, -0.1) is 5.10 Å². The Bertz CT molecular complexity index is 496. The molecule has 92 valence electrons. The van der Waals surface area contributed by atoms with Crippen LogP contribution in [0.25, 0.3) is 5.65 Å². The van der Waals surface area contributed by atoms with Crippen molar-refractivity contribution < 1.29 is 0 Å². The molecule has 2 heterocycles. The van der Waals surface area contributed by atoms with Crippen molar-refractivity contribution in [3.63, 3.8) is 0 Å². The molecule has 0 aliphatic carbocycles. The van der Waals surface area contributed by atoms with E-state index in [2.05, 4.69) is 38.3 Å². The highest BCUT2D eigenvalue weighted by Gasteiger charge is 2.10. The molecule has 0 fully saturated rings. The van der Waals surface area contributed by atoms with Crippen LogP contribution in [0.1, 0.15) is 19.8 Å². The van der Waals surface area contributed by atoms with Crippen molar-refractivity contribution in [1.29, 1.82) is 0 Å². The second-order valence-electron chi connectivity index (χ2n) is 3.93. The summed E-state index contributed by atoms with van der Waals surface area (Å²) < 4.78 is 2.67. The molecule has 2 rings (SSSR count). The third-order valence-electron chi connectivity index (χ3n) is 2.57. The molecule has 1 atom stereocenters. The lowest BCUT2D eigenvalue weighted by molar-refractivity contribution is 0.642. The van der Waals surface area contributed by atoms with Gasteiger partial charge >= 0.3 is 0 Å². The number of aromatic nitrogens is 3. The molecule has 0 saturated carbocycles. The van der Waals surface area contributed by atoms with Gasteiger partial charge in [-0.1, -0.05) is 13.3 Å². The summed E-state index contributed by atoms with van der Waals surface area (Å²) in [5.41, 5.74) is 6.50. The summed E-state index contributed by atoms with van der Waals surface area (Å²) in [4.78, 5) is 4.42. The van der Waals surface area contributed by atoms with Crippen molar-refractivity contribution in [3.05, 3.63) is 22.8 Å². The van der Waals surface area contributed by atoms with Crippen LogP contribution in [-0.2, 0) is 0 Å². The fourth-order valence-corrected chi connectivity index (χ4v) is 2.14. The second kappa shape index (κ2) is 5.46. The first-order valence-corrected chi connectivity index (χ1v) is 6.51. The number of nitrogens with two attached hydrogens (primary N) is 1. The molecule has 0 bridgehead atoms. The number of hydrogen-bond acceptors (Lipinski definition) is 4. The van der Waals surface area contributed by atoms with Crippen LogP contribution >= 0.6 is 15.9 Å². The van der Waals surface area contributed by atoms with Gasteiger partial charge in [-0.3, -0.25) is 0 Å². The van der Waals surface area contributed by atoms with Crippen molar-refractivity contribution in [2.45, 2.75) is 25.8 Å². The van der Waals surface area contributed by atoms with Crippen molar-refractivity contribution in [3.8, 4) is 0 Å². The van der Waals surface area contributed by atoms with Gasteiger partial charge in [0.2, 0.25) is 5.95 Å². The highest BCUT2D eigenvalue weighted by Crippen LogP contribution is 2.17. The number of nitrogens with zero attached hydrogens (tertiary/aromatic N) is 3. The topological polar surface area (TPSA) is 68.2 Å². The van der Waals surface area contributed by atoms with Gasteiger partial charge in [0, 0.05) is 18.8 Å². The van der Waals surface area contributed by atoms with Crippen molar-refractivity contribution in [2.75, 3.05) is 11.9 Å². The molecule has 0 saturated heterocycles. The maximum absolute atomic E-state index is 5.70. The summed E-state index contributed by atoms with van der Waals surface area (Å²) in [7, 11) is 0. The smallest absolute Gasteiger partial charge is 0.243 e. The van der Waals surface area contributed by atoms with Crippen LogP contribution in [0.2, 0.25) is 0 Å². The Morgan fingerprint density at radius 2 is 2.41 bits per heavy atom. The lowest BCUT2D eigenvalue weighted by Crippen LogP contribution is -2.29. The number of halogens is 1. The summed E-state index contributed by atoms with van der Waals surface area (Å²) in [6, 6.07) is 4.10. The quantitative estimate of drug-likeness (QED) is 0.886. The van der Waals surface area contributed by atoms with E-state index in [0.29, 0.717) is 12.5 Å². The monoisotopic (exact) mass is 297 g/mol. The first-order chi connectivity index (χ1) is 8.24. The predicted molar refractivity (Wildman–Crippen MR) is 72.1 cm³/mol. The molecule has 0 radical (unpaired) electrons. The van der Waals surface area contributed by atoms with Gasteiger partial charge in [0.15, 0.2) is 5.65 Å². The van der Waals surface area contributed by atoms with E-state index in [-0.39, 0.29) is 6.04 Å². The summed E-state index contributed by atoms with van der Waals surface area (Å²) in [5.74, 6) is 0.626. The molecule has 6 heteroatoms. The largest absolute Gasteiger partial charge is 0.349 e. The van der Waals surface area contributed by atoms with E-state index in [9.17, 15) is 0 Å². The van der Waals surface area contributed by atoms with Crippen LogP contribution in [0.15, 0.2) is 22.8 Å². The standard InChI is InChI=1S/C11H16BrN5/c1-2-4-8(7-13)14-11-15-10-9(12)5-3-6-17(10)16-11/h3,5-6,8H,2,4,7,13H2,1H3,(H,14,16). The Labute approximate surface area is 109 Å². The van der Waals surface area contributed by atoms with Gasteiger partial charge in [0.05, 0.1) is 4.47 Å². The van der Waals surface area contributed by atoms with Crippen LogP contribution in [0.3, 0.4) is 0 Å². The average Bonchev–Trinajstić information content (AvgIpc) is 2.72. The maximum atomic E-state index is 5.70. The van der Waals surface area contributed by atoms with Gasteiger partial charge in [0.1, 0.15) is 0 Å². The minimum atomic E-state index is 0.233. The highest BCUT2D eigenvalue weighted by molar-refractivity contribution is 9.10. The molecule has 2 aromatic heterocycles. The van der Waals surface area contributed by atoms with Gasteiger partial charge < -0.3 is 11.1 Å². The summed E-state index contributed by atoms with van der Waals surface area (Å²) in [6.45, 7) is 2.72. The normalized spacial score (nSPS) is 12.9. The molecule has 17 heavy (non-hydrogen) atoms. The Morgan fingerprint density at radius 1 is 1.59 bits per heavy atom. The Kier molecular flexibility index (Phi) is 3.96. The van der Waals surface area contributed by atoms with Crippen LogP contribution in [0.5, 0.6) is 0 Å². The van der Waals surface area contributed by atoms with Gasteiger partial charge in [0.25, 0.3) is 0 Å². The third-order valence-corrected chi connectivity index (χ3v) is 3.19. The minimum Gasteiger partial charge on any atom is -0.349 e. The number of pyridine rings is 1. The van der Waals surface area contributed by atoms with E-state index >= 15 is 0 Å². The summed E-state index contributed by atoms with van der Waals surface area (Å²) >= 11 is 3.45. The molecule has 5 nitrogen and oxygen atoms in total. The van der Waals surface area contributed by atoms with E-state index in [1.807, 2.05) is 18.3 Å². The molecule has 1 unspecified atom stereocenters. The first-order valence-electron chi connectivity index (χ1n) is 5.72. The molecule has 0 spiro atoms. The molecule has 0 aromatic carbocycles. The van der Waals surface area contributed by atoms with Gasteiger partial charge in [-0.05, 0) is 34.5 Å². The lowest BCUT2D eigenvalue weighted by atomic mass is 10.2. The Balaban J connectivity index is 2.21. The molecule has 0 aliphatic rings. The van der Waals surface area contributed by atoms with E-state index in [4.69, 9.17) is 5.73 Å². The van der Waals surface area contributed by atoms with E-state index < -0.39 is 0 Å². The van der Waals surface area contributed by atoms with Crippen LogP contribution in [0, 0.1) is 0 Å². The van der Waals surface area contributed by atoms with E-state index in [1.165, 1.54) is 0 Å². The fourth-order valence-electron chi connectivity index (χ4n) is 1.71. The van der Waals surface area contributed by atoms with Crippen molar-refractivity contribution in [1.82, 2.24) is 14.6 Å². The van der Waals surface area contributed by atoms with Crippen molar-refractivity contribution in [2.24, 2.45) is 5.73 Å². The summed E-state index contributed by atoms with van der Waals surface area (Å²) in [5, 5.41) is 7.61. The van der Waals surface area contributed by atoms with Crippen molar-refractivity contribution >= 4 is 27.5 Å². The van der Waals surface area contributed by atoms with Gasteiger partial charge in [-0.25, -0.2) is 4.52 Å². The lowest BCUT2D eigenvalue weighted by Gasteiger charge is -2.13. The third kappa shape index (κ3) is 2.76. The van der Waals surface area contributed by atoms with Crippen LogP contribution in [-0.4, -0.2) is 27.2 Å². The molecule has 2 aromatic rings. The number of hydrogen-bond donors (Lipinski definition) is 2. The number of rotatable bonds is 5.